The van der Waals surface area contributed by atoms with E-state index in [0.717, 1.165) is 4.57 Å². The summed E-state index contributed by atoms with van der Waals surface area (Å²) in [6.45, 7) is 1.22. The maximum atomic E-state index is 11.8. The number of aliphatic hydroxyl groups is 3. The quantitative estimate of drug-likeness (QED) is 0.518. The van der Waals surface area contributed by atoms with Gasteiger partial charge in [0, 0.05) is 6.20 Å². The number of aromatic amines is 1. The van der Waals surface area contributed by atoms with E-state index in [0.29, 0.717) is 0 Å². The lowest BCUT2D eigenvalue weighted by atomic mass is 10.1. The van der Waals surface area contributed by atoms with Crippen LogP contribution in [0.3, 0.4) is 0 Å². The van der Waals surface area contributed by atoms with Gasteiger partial charge in [-0.1, -0.05) is 12.2 Å². The van der Waals surface area contributed by atoms with Gasteiger partial charge in [-0.2, -0.15) is 0 Å². The fraction of sp³-hybridized carbons (Fsp3) is 0.500. The average molecular weight is 284 g/mol. The minimum absolute atomic E-state index is 0.213. The van der Waals surface area contributed by atoms with Gasteiger partial charge < -0.3 is 20.1 Å². The van der Waals surface area contributed by atoms with Gasteiger partial charge in [0.2, 0.25) is 0 Å². The Bertz CT molecular complexity index is 619. The monoisotopic (exact) mass is 284 g/mol. The largest absolute Gasteiger partial charge is 0.394 e. The van der Waals surface area contributed by atoms with Crippen LogP contribution in [0.4, 0.5) is 0 Å². The molecule has 110 valence electrons. The molecule has 2 rings (SSSR count). The zero-order chi connectivity index (χ0) is 14.9. The van der Waals surface area contributed by atoms with Crippen LogP contribution >= 0.6 is 0 Å². The minimum atomic E-state index is -1.38. The number of hydrogen-bond donors (Lipinski definition) is 4. The van der Waals surface area contributed by atoms with Gasteiger partial charge in [0.05, 0.1) is 12.2 Å². The molecule has 0 spiro atoms. The summed E-state index contributed by atoms with van der Waals surface area (Å²) in [6.07, 6.45) is -0.494. The lowest BCUT2D eigenvalue weighted by Crippen LogP contribution is -2.38. The molecule has 2 heterocycles. The van der Waals surface area contributed by atoms with Gasteiger partial charge in [0.15, 0.2) is 6.23 Å². The minimum Gasteiger partial charge on any atom is -0.394 e. The number of aliphatic hydroxyl groups excluding tert-OH is 3. The summed E-state index contributed by atoms with van der Waals surface area (Å²) < 4.78 is 6.23. The van der Waals surface area contributed by atoms with Crippen molar-refractivity contribution in [2.75, 3.05) is 6.61 Å². The van der Waals surface area contributed by atoms with Gasteiger partial charge in [-0.15, -0.1) is 0 Å². The second kappa shape index (κ2) is 5.71. The molecule has 0 bridgehead atoms. The molecule has 1 aliphatic rings. The number of ether oxygens (including phenoxy) is 1. The molecule has 8 heteroatoms. The maximum absolute atomic E-state index is 11.8. The number of hydrogen-bond acceptors (Lipinski definition) is 6. The highest BCUT2D eigenvalue weighted by Crippen LogP contribution is 2.27. The second-order valence-corrected chi connectivity index (χ2v) is 4.48. The Kier molecular flexibility index (Phi) is 4.19. The molecule has 0 radical (unpaired) electrons. The van der Waals surface area contributed by atoms with Gasteiger partial charge >= 0.3 is 5.69 Å². The first-order valence-corrected chi connectivity index (χ1v) is 6.10. The van der Waals surface area contributed by atoms with Crippen LogP contribution in [0.5, 0.6) is 0 Å². The Hall–Kier alpha value is -1.74. The molecule has 0 amide bonds. The van der Waals surface area contributed by atoms with E-state index in [1.165, 1.54) is 12.3 Å². The van der Waals surface area contributed by atoms with E-state index >= 15 is 0 Å². The van der Waals surface area contributed by atoms with Gasteiger partial charge in [0.25, 0.3) is 5.56 Å². The van der Waals surface area contributed by atoms with Crippen LogP contribution in [0.2, 0.25) is 0 Å². The predicted molar refractivity (Wildman–Crippen MR) is 69.0 cm³/mol. The number of aromatic nitrogens is 2. The molecule has 8 nitrogen and oxygen atoms in total. The number of nitrogens with zero attached hydrogens (tertiary/aromatic N) is 1. The molecular formula is C12H16N2O6. The van der Waals surface area contributed by atoms with Crippen LogP contribution in [0, 0.1) is 0 Å². The average Bonchev–Trinajstić information content (AvgIpc) is 2.70. The zero-order valence-electron chi connectivity index (χ0n) is 10.8. The van der Waals surface area contributed by atoms with Gasteiger partial charge in [-0.25, -0.2) is 4.79 Å². The van der Waals surface area contributed by atoms with E-state index in [4.69, 9.17) is 9.84 Å². The van der Waals surface area contributed by atoms with Crippen LogP contribution in [-0.2, 0) is 4.74 Å². The molecule has 4 N–H and O–H groups in total. The molecule has 0 aromatic carbocycles. The van der Waals surface area contributed by atoms with Crippen molar-refractivity contribution >= 4 is 6.08 Å². The summed E-state index contributed by atoms with van der Waals surface area (Å²) >= 11 is 0. The smallest absolute Gasteiger partial charge is 0.330 e. The number of rotatable bonds is 3. The summed E-state index contributed by atoms with van der Waals surface area (Å²) in [6, 6.07) is 0. The molecule has 1 fully saturated rings. The first kappa shape index (κ1) is 14.7. The number of H-pyrrole nitrogens is 1. The zero-order valence-corrected chi connectivity index (χ0v) is 10.8. The van der Waals surface area contributed by atoms with Crippen molar-refractivity contribution in [3.63, 3.8) is 0 Å². The summed E-state index contributed by atoms with van der Waals surface area (Å²) in [7, 11) is 0. The highest BCUT2D eigenvalue weighted by atomic mass is 16.6. The van der Waals surface area contributed by atoms with Crippen molar-refractivity contribution in [1.82, 2.24) is 9.55 Å². The van der Waals surface area contributed by atoms with Crippen molar-refractivity contribution in [3.05, 3.63) is 38.7 Å². The SMILES string of the molecule is C/C=C/c1cn([C@@H]2O[C@H](CO)[C@@H](O)[C@H]2O)c(=O)[nH]c1=O. The predicted octanol–water partition coefficient (Wildman–Crippen LogP) is -1.82. The Morgan fingerprint density at radius 1 is 1.40 bits per heavy atom. The van der Waals surface area contributed by atoms with Crippen molar-refractivity contribution in [3.8, 4) is 0 Å². The summed E-state index contributed by atoms with van der Waals surface area (Å²) in [4.78, 5) is 25.4. The van der Waals surface area contributed by atoms with Crippen molar-refractivity contribution in [2.45, 2.75) is 31.5 Å². The van der Waals surface area contributed by atoms with Crippen LogP contribution in [-0.4, -0.2) is 49.8 Å². The third kappa shape index (κ3) is 2.46. The van der Waals surface area contributed by atoms with Gasteiger partial charge in [-0.3, -0.25) is 14.3 Å². The third-order valence-electron chi connectivity index (χ3n) is 3.13. The molecule has 1 aliphatic heterocycles. The lowest BCUT2D eigenvalue weighted by molar-refractivity contribution is -0.0550. The van der Waals surface area contributed by atoms with E-state index in [9.17, 15) is 19.8 Å². The summed E-state index contributed by atoms with van der Waals surface area (Å²) in [5, 5.41) is 28.6. The van der Waals surface area contributed by atoms with Crippen LogP contribution in [0.1, 0.15) is 18.7 Å². The number of nitrogens with one attached hydrogen (secondary N) is 1. The normalized spacial score (nSPS) is 30.2. The van der Waals surface area contributed by atoms with E-state index in [-0.39, 0.29) is 5.56 Å². The molecule has 1 aromatic rings. The number of allylic oxidation sites excluding steroid dienone is 1. The van der Waals surface area contributed by atoms with Crippen molar-refractivity contribution in [2.24, 2.45) is 0 Å². The van der Waals surface area contributed by atoms with Crippen molar-refractivity contribution < 1.29 is 20.1 Å². The Morgan fingerprint density at radius 3 is 2.65 bits per heavy atom. The molecule has 4 atom stereocenters. The highest BCUT2D eigenvalue weighted by Gasteiger charge is 2.43. The first-order valence-electron chi connectivity index (χ1n) is 6.10. The second-order valence-electron chi connectivity index (χ2n) is 4.48. The molecule has 1 saturated heterocycles. The molecular weight excluding hydrogens is 268 g/mol. The fourth-order valence-electron chi connectivity index (χ4n) is 2.10. The maximum Gasteiger partial charge on any atom is 0.330 e. The Morgan fingerprint density at radius 2 is 2.10 bits per heavy atom. The van der Waals surface area contributed by atoms with Crippen LogP contribution in [0.15, 0.2) is 21.9 Å². The van der Waals surface area contributed by atoms with E-state index in [1.54, 1.807) is 13.0 Å². The van der Waals surface area contributed by atoms with E-state index in [1.807, 2.05) is 0 Å². The van der Waals surface area contributed by atoms with Crippen molar-refractivity contribution in [1.29, 1.82) is 0 Å². The Labute approximate surface area is 113 Å². The van der Waals surface area contributed by atoms with Crippen LogP contribution in [0.25, 0.3) is 6.08 Å². The molecule has 0 aliphatic carbocycles. The van der Waals surface area contributed by atoms with Gasteiger partial charge in [-0.05, 0) is 6.92 Å². The third-order valence-corrected chi connectivity index (χ3v) is 3.13. The first-order chi connectivity index (χ1) is 9.49. The highest BCUT2D eigenvalue weighted by molar-refractivity contribution is 5.45. The molecule has 20 heavy (non-hydrogen) atoms. The van der Waals surface area contributed by atoms with Crippen LogP contribution < -0.4 is 11.2 Å². The molecule has 1 aromatic heterocycles. The lowest BCUT2D eigenvalue weighted by Gasteiger charge is -2.17. The van der Waals surface area contributed by atoms with E-state index in [2.05, 4.69) is 4.98 Å². The fourth-order valence-corrected chi connectivity index (χ4v) is 2.10. The summed E-state index contributed by atoms with van der Waals surface area (Å²) in [5.74, 6) is 0. The topological polar surface area (TPSA) is 125 Å². The Balaban J connectivity index is 2.46. The van der Waals surface area contributed by atoms with Gasteiger partial charge in [0.1, 0.15) is 18.3 Å². The molecule has 0 saturated carbocycles. The van der Waals surface area contributed by atoms with E-state index < -0.39 is 42.4 Å². The standard InChI is InChI=1S/C12H16N2O6/c1-2-3-6-4-14(12(19)13-10(6)18)11-9(17)8(16)7(5-15)20-11/h2-4,7-9,11,15-17H,5H2,1H3,(H,13,18,19)/b3-2+/t7-,8-,9-,11-/m1/s1. The molecule has 0 unspecified atom stereocenters. The summed E-state index contributed by atoms with van der Waals surface area (Å²) in [5.41, 5.74) is -1.11.